The van der Waals surface area contributed by atoms with E-state index >= 15 is 0 Å². The molecule has 0 aromatic heterocycles. The Hall–Kier alpha value is -2.29. The largest absolute Gasteiger partial charge is 0.546 e. The highest BCUT2D eigenvalue weighted by Crippen LogP contribution is 2.37. The molecular weight excluding hydrogens is 288 g/mol. The van der Waals surface area contributed by atoms with Gasteiger partial charge in [0.05, 0.1) is 5.97 Å². The van der Waals surface area contributed by atoms with Gasteiger partial charge in [-0.1, -0.05) is 36.4 Å². The Morgan fingerprint density at radius 3 is 2.52 bits per heavy atom. The van der Waals surface area contributed by atoms with E-state index in [0.717, 1.165) is 12.8 Å². The number of benzene rings is 2. The van der Waals surface area contributed by atoms with Gasteiger partial charge in [-0.15, -0.1) is 0 Å². The molecule has 0 saturated carbocycles. The van der Waals surface area contributed by atoms with E-state index in [4.69, 9.17) is 4.74 Å². The number of carbonyl (C=O) groups is 1. The first kappa shape index (κ1) is 15.6. The van der Waals surface area contributed by atoms with Crippen LogP contribution in [0.25, 0.3) is 0 Å². The molecule has 0 N–H and O–H groups in total. The Bertz CT molecular complexity index is 701. The Morgan fingerprint density at radius 2 is 1.83 bits per heavy atom. The molecule has 1 aliphatic rings. The molecule has 3 rings (SSSR count). The van der Waals surface area contributed by atoms with Gasteiger partial charge in [0.2, 0.25) is 0 Å². The van der Waals surface area contributed by atoms with Crippen LogP contribution in [0.1, 0.15) is 49.3 Å². The summed E-state index contributed by atoms with van der Waals surface area (Å²) in [5.41, 5.74) is 2.75. The summed E-state index contributed by atoms with van der Waals surface area (Å²) < 4.78 is 5.51. The zero-order valence-electron chi connectivity index (χ0n) is 13.5. The molecule has 1 aliphatic carbocycles. The standard InChI is InChI=1S/C20H22O3/c1-20(2,19(21)22)23-16-12-10-15(11-13-16)18-9-5-7-14-6-3-4-8-17(14)18/h3-4,6,8,10-13,18H,5,7,9H2,1-2H3,(H,21,22)/p-1/t18-/m0/s1. The van der Waals surface area contributed by atoms with Crippen LogP contribution in [-0.4, -0.2) is 11.6 Å². The van der Waals surface area contributed by atoms with Crippen molar-refractivity contribution < 1.29 is 14.6 Å². The molecule has 3 heteroatoms. The van der Waals surface area contributed by atoms with Gasteiger partial charge in [-0.2, -0.15) is 0 Å². The fourth-order valence-electron chi connectivity index (χ4n) is 3.20. The number of ether oxygens (including phenoxy) is 1. The van der Waals surface area contributed by atoms with Gasteiger partial charge < -0.3 is 14.6 Å². The topological polar surface area (TPSA) is 49.4 Å². The average Bonchev–Trinajstić information content (AvgIpc) is 2.55. The minimum absolute atomic E-state index is 0.406. The van der Waals surface area contributed by atoms with Crippen molar-refractivity contribution in [2.24, 2.45) is 0 Å². The number of carboxylic acids is 1. The maximum absolute atomic E-state index is 11.0. The fourth-order valence-corrected chi connectivity index (χ4v) is 3.20. The normalized spacial score (nSPS) is 17.4. The van der Waals surface area contributed by atoms with Crippen molar-refractivity contribution >= 4 is 5.97 Å². The maximum atomic E-state index is 11.0. The van der Waals surface area contributed by atoms with Gasteiger partial charge in [0, 0.05) is 5.92 Å². The molecular formula is C20H21O3-. The third-order valence-electron chi connectivity index (χ3n) is 4.52. The second kappa shape index (κ2) is 6.07. The third-order valence-corrected chi connectivity index (χ3v) is 4.52. The van der Waals surface area contributed by atoms with Crippen LogP contribution < -0.4 is 9.84 Å². The van der Waals surface area contributed by atoms with Gasteiger partial charge in [0.15, 0.2) is 0 Å². The van der Waals surface area contributed by atoms with E-state index in [-0.39, 0.29) is 0 Å². The summed E-state index contributed by atoms with van der Waals surface area (Å²) in [4.78, 5) is 11.0. The Labute approximate surface area is 136 Å². The number of hydrogen-bond acceptors (Lipinski definition) is 3. The van der Waals surface area contributed by atoms with Crippen molar-refractivity contribution in [2.75, 3.05) is 0 Å². The molecule has 0 heterocycles. The lowest BCUT2D eigenvalue weighted by Crippen LogP contribution is -2.47. The number of carboxylic acid groups (broad SMARTS) is 1. The first-order valence-electron chi connectivity index (χ1n) is 8.05. The van der Waals surface area contributed by atoms with E-state index in [2.05, 4.69) is 24.3 Å². The van der Waals surface area contributed by atoms with Gasteiger partial charge in [0.1, 0.15) is 11.4 Å². The summed E-state index contributed by atoms with van der Waals surface area (Å²) in [6.45, 7) is 2.99. The molecule has 2 aromatic carbocycles. The number of rotatable bonds is 4. The van der Waals surface area contributed by atoms with Crippen molar-refractivity contribution in [1.82, 2.24) is 0 Å². The van der Waals surface area contributed by atoms with E-state index < -0.39 is 11.6 Å². The summed E-state index contributed by atoms with van der Waals surface area (Å²) in [7, 11) is 0. The molecule has 0 amide bonds. The van der Waals surface area contributed by atoms with Crippen LogP contribution in [-0.2, 0) is 11.2 Å². The highest BCUT2D eigenvalue weighted by atomic mass is 16.5. The summed E-state index contributed by atoms with van der Waals surface area (Å²) in [6.07, 6.45) is 3.48. The van der Waals surface area contributed by atoms with Gasteiger partial charge >= 0.3 is 0 Å². The zero-order chi connectivity index (χ0) is 16.4. The van der Waals surface area contributed by atoms with Crippen molar-refractivity contribution in [3.8, 4) is 5.75 Å². The van der Waals surface area contributed by atoms with E-state index in [1.807, 2.05) is 24.3 Å². The lowest BCUT2D eigenvalue weighted by Gasteiger charge is -2.28. The lowest BCUT2D eigenvalue weighted by atomic mass is 9.79. The number of carbonyl (C=O) groups excluding carboxylic acids is 1. The van der Waals surface area contributed by atoms with E-state index in [1.165, 1.54) is 37.0 Å². The molecule has 0 unspecified atom stereocenters. The number of hydrogen-bond donors (Lipinski definition) is 0. The Balaban J connectivity index is 1.82. The van der Waals surface area contributed by atoms with Crippen molar-refractivity contribution in [3.05, 3.63) is 65.2 Å². The highest BCUT2D eigenvalue weighted by molar-refractivity contribution is 5.74. The first-order valence-corrected chi connectivity index (χ1v) is 8.05. The predicted molar refractivity (Wildman–Crippen MR) is 87.4 cm³/mol. The Morgan fingerprint density at radius 1 is 1.13 bits per heavy atom. The fraction of sp³-hybridized carbons (Fsp3) is 0.350. The second-order valence-corrected chi connectivity index (χ2v) is 6.61. The van der Waals surface area contributed by atoms with Gasteiger partial charge in [-0.25, -0.2) is 0 Å². The second-order valence-electron chi connectivity index (χ2n) is 6.61. The van der Waals surface area contributed by atoms with Crippen LogP contribution in [0, 0.1) is 0 Å². The minimum Gasteiger partial charge on any atom is -0.546 e. The smallest absolute Gasteiger partial charge is 0.143 e. The van der Waals surface area contributed by atoms with Crippen LogP contribution in [0.3, 0.4) is 0 Å². The lowest BCUT2D eigenvalue weighted by molar-refractivity contribution is -0.320. The van der Waals surface area contributed by atoms with E-state index in [0.29, 0.717) is 11.7 Å². The average molecular weight is 309 g/mol. The molecule has 0 radical (unpaired) electrons. The minimum atomic E-state index is -1.33. The molecule has 0 aliphatic heterocycles. The van der Waals surface area contributed by atoms with Crippen LogP contribution in [0.15, 0.2) is 48.5 Å². The van der Waals surface area contributed by atoms with Crippen molar-refractivity contribution in [2.45, 2.75) is 44.6 Å². The van der Waals surface area contributed by atoms with Gasteiger partial charge in [-0.3, -0.25) is 0 Å². The predicted octanol–water partition coefficient (Wildman–Crippen LogP) is 3.06. The highest BCUT2D eigenvalue weighted by Gasteiger charge is 2.23. The maximum Gasteiger partial charge on any atom is 0.143 e. The molecule has 2 aromatic rings. The summed E-state index contributed by atoms with van der Waals surface area (Å²) in [6, 6.07) is 16.4. The van der Waals surface area contributed by atoms with Gasteiger partial charge in [-0.05, 0) is 61.9 Å². The van der Waals surface area contributed by atoms with E-state index in [9.17, 15) is 9.90 Å². The Kier molecular flexibility index (Phi) is 4.12. The molecule has 0 spiro atoms. The molecule has 1 atom stereocenters. The van der Waals surface area contributed by atoms with Crippen LogP contribution >= 0.6 is 0 Å². The molecule has 0 saturated heterocycles. The molecule has 120 valence electrons. The summed E-state index contributed by atoms with van der Waals surface area (Å²) in [5.74, 6) is -0.266. The quantitative estimate of drug-likeness (QED) is 0.872. The zero-order valence-corrected chi connectivity index (χ0v) is 13.5. The monoisotopic (exact) mass is 309 g/mol. The first-order chi connectivity index (χ1) is 11.0. The molecule has 0 fully saturated rings. The number of aryl methyl sites for hydroxylation is 1. The summed E-state index contributed by atoms with van der Waals surface area (Å²) in [5, 5.41) is 11.0. The molecule has 0 bridgehead atoms. The SMILES string of the molecule is CC(C)(Oc1ccc([C@@H]2CCCc3ccccc32)cc1)C(=O)[O-]. The number of aliphatic carboxylic acids is 1. The number of fused-ring (bicyclic) bond motifs is 1. The molecule has 23 heavy (non-hydrogen) atoms. The molecule has 3 nitrogen and oxygen atoms in total. The van der Waals surface area contributed by atoms with Crippen molar-refractivity contribution in [1.29, 1.82) is 0 Å². The third kappa shape index (κ3) is 3.24. The van der Waals surface area contributed by atoms with Crippen LogP contribution in [0.4, 0.5) is 0 Å². The van der Waals surface area contributed by atoms with Crippen molar-refractivity contribution in [3.63, 3.8) is 0 Å². The summed E-state index contributed by atoms with van der Waals surface area (Å²) >= 11 is 0. The van der Waals surface area contributed by atoms with Crippen LogP contribution in [0.2, 0.25) is 0 Å². The van der Waals surface area contributed by atoms with Gasteiger partial charge in [0.25, 0.3) is 0 Å². The van der Waals surface area contributed by atoms with E-state index in [1.54, 1.807) is 0 Å². The van der Waals surface area contributed by atoms with Crippen LogP contribution in [0.5, 0.6) is 5.75 Å².